The Labute approximate surface area is 115 Å². The SMILES string of the molecule is O=C(/C=C/c1ccc(F)cc1)Nc1ccc(Cl)cc1. The summed E-state index contributed by atoms with van der Waals surface area (Å²) in [7, 11) is 0. The third-order valence-electron chi connectivity index (χ3n) is 2.41. The van der Waals surface area contributed by atoms with Gasteiger partial charge in [0.25, 0.3) is 0 Å². The first-order chi connectivity index (χ1) is 9.13. The van der Waals surface area contributed by atoms with Gasteiger partial charge in [0.15, 0.2) is 0 Å². The zero-order chi connectivity index (χ0) is 13.7. The number of nitrogens with one attached hydrogen (secondary N) is 1. The van der Waals surface area contributed by atoms with Gasteiger partial charge in [-0.3, -0.25) is 4.79 Å². The highest BCUT2D eigenvalue weighted by atomic mass is 35.5. The van der Waals surface area contributed by atoms with Crippen LogP contribution in [0.4, 0.5) is 10.1 Å². The lowest BCUT2D eigenvalue weighted by Crippen LogP contribution is -2.07. The van der Waals surface area contributed by atoms with E-state index in [0.717, 1.165) is 5.56 Å². The fourth-order valence-electron chi connectivity index (χ4n) is 1.46. The Balaban J connectivity index is 1.97. The van der Waals surface area contributed by atoms with E-state index in [2.05, 4.69) is 5.32 Å². The summed E-state index contributed by atoms with van der Waals surface area (Å²) < 4.78 is 12.7. The van der Waals surface area contributed by atoms with Gasteiger partial charge in [0, 0.05) is 16.8 Å². The molecular weight excluding hydrogens is 265 g/mol. The first kappa shape index (κ1) is 13.3. The van der Waals surface area contributed by atoms with E-state index in [0.29, 0.717) is 10.7 Å². The Kier molecular flexibility index (Phi) is 4.31. The molecule has 0 radical (unpaired) electrons. The number of amides is 1. The van der Waals surface area contributed by atoms with Crippen LogP contribution in [0, 0.1) is 5.82 Å². The molecule has 0 aliphatic rings. The monoisotopic (exact) mass is 275 g/mol. The van der Waals surface area contributed by atoms with Crippen LogP contribution in [0.15, 0.2) is 54.6 Å². The van der Waals surface area contributed by atoms with E-state index in [4.69, 9.17) is 11.6 Å². The summed E-state index contributed by atoms with van der Waals surface area (Å²) in [5.41, 5.74) is 1.42. The molecule has 0 aliphatic carbocycles. The van der Waals surface area contributed by atoms with E-state index in [1.165, 1.54) is 18.2 Å². The lowest BCUT2D eigenvalue weighted by molar-refractivity contribution is -0.111. The van der Waals surface area contributed by atoms with Gasteiger partial charge in [-0.05, 0) is 48.0 Å². The normalized spacial score (nSPS) is 10.6. The number of hydrogen-bond acceptors (Lipinski definition) is 1. The Morgan fingerprint density at radius 1 is 1.05 bits per heavy atom. The number of carbonyl (C=O) groups is 1. The highest BCUT2D eigenvalue weighted by Crippen LogP contribution is 2.13. The molecular formula is C15H11ClFNO. The first-order valence-corrected chi connectivity index (χ1v) is 6.01. The standard InChI is InChI=1S/C15H11ClFNO/c16-12-4-8-14(9-5-12)18-15(19)10-3-11-1-6-13(17)7-2-11/h1-10H,(H,18,19)/b10-3+. The van der Waals surface area contributed by atoms with E-state index >= 15 is 0 Å². The van der Waals surface area contributed by atoms with Gasteiger partial charge in [0.05, 0.1) is 0 Å². The third kappa shape index (κ3) is 4.23. The minimum atomic E-state index is -0.303. The molecule has 96 valence electrons. The number of carbonyl (C=O) groups excluding carboxylic acids is 1. The van der Waals surface area contributed by atoms with Gasteiger partial charge in [-0.25, -0.2) is 4.39 Å². The van der Waals surface area contributed by atoms with E-state index in [9.17, 15) is 9.18 Å². The van der Waals surface area contributed by atoms with Crippen LogP contribution in [0.25, 0.3) is 6.08 Å². The molecule has 0 bridgehead atoms. The fourth-order valence-corrected chi connectivity index (χ4v) is 1.59. The molecule has 4 heteroatoms. The summed E-state index contributed by atoms with van der Waals surface area (Å²) in [4.78, 5) is 11.6. The molecule has 0 unspecified atom stereocenters. The smallest absolute Gasteiger partial charge is 0.248 e. The number of anilines is 1. The van der Waals surface area contributed by atoms with Gasteiger partial charge in [-0.15, -0.1) is 0 Å². The summed E-state index contributed by atoms with van der Waals surface area (Å²) in [6, 6.07) is 12.7. The fraction of sp³-hybridized carbons (Fsp3) is 0. The highest BCUT2D eigenvalue weighted by Gasteiger charge is 1.97. The average Bonchev–Trinajstić information content (AvgIpc) is 2.41. The van der Waals surface area contributed by atoms with Crippen LogP contribution < -0.4 is 5.32 Å². The van der Waals surface area contributed by atoms with Crippen LogP contribution >= 0.6 is 11.6 Å². The van der Waals surface area contributed by atoms with Crippen molar-refractivity contribution in [2.75, 3.05) is 5.32 Å². The van der Waals surface area contributed by atoms with Crippen molar-refractivity contribution in [3.8, 4) is 0 Å². The zero-order valence-corrected chi connectivity index (χ0v) is 10.7. The van der Waals surface area contributed by atoms with Gasteiger partial charge < -0.3 is 5.32 Å². The quantitative estimate of drug-likeness (QED) is 0.839. The number of halogens is 2. The summed E-state index contributed by atoms with van der Waals surface area (Å²) in [6.45, 7) is 0. The van der Waals surface area contributed by atoms with E-state index < -0.39 is 0 Å². The van der Waals surface area contributed by atoms with Gasteiger partial charge >= 0.3 is 0 Å². The molecule has 0 heterocycles. The summed E-state index contributed by atoms with van der Waals surface area (Å²) in [6.07, 6.45) is 3.01. The molecule has 2 nitrogen and oxygen atoms in total. The maximum Gasteiger partial charge on any atom is 0.248 e. The maximum atomic E-state index is 12.7. The Hall–Kier alpha value is -2.13. The molecule has 19 heavy (non-hydrogen) atoms. The minimum Gasteiger partial charge on any atom is -0.323 e. The molecule has 2 rings (SSSR count). The van der Waals surface area contributed by atoms with Crippen LogP contribution in [-0.4, -0.2) is 5.91 Å². The van der Waals surface area contributed by atoms with Crippen molar-refractivity contribution in [2.24, 2.45) is 0 Å². The van der Waals surface area contributed by atoms with E-state index in [1.54, 1.807) is 42.5 Å². The first-order valence-electron chi connectivity index (χ1n) is 5.64. The third-order valence-corrected chi connectivity index (χ3v) is 2.66. The molecule has 0 spiro atoms. The molecule has 1 N–H and O–H groups in total. The molecule has 0 saturated carbocycles. The van der Waals surface area contributed by atoms with Crippen molar-refractivity contribution in [3.63, 3.8) is 0 Å². The highest BCUT2D eigenvalue weighted by molar-refractivity contribution is 6.30. The van der Waals surface area contributed by atoms with Crippen molar-refractivity contribution < 1.29 is 9.18 Å². The van der Waals surface area contributed by atoms with Crippen LogP contribution in [-0.2, 0) is 4.79 Å². The molecule has 0 saturated heterocycles. The second-order valence-corrected chi connectivity index (χ2v) is 4.32. The molecule has 0 aromatic heterocycles. The Morgan fingerprint density at radius 3 is 2.32 bits per heavy atom. The lowest BCUT2D eigenvalue weighted by Gasteiger charge is -2.01. The number of hydrogen-bond donors (Lipinski definition) is 1. The van der Waals surface area contributed by atoms with E-state index in [1.807, 2.05) is 0 Å². The Bertz CT molecular complexity index is 591. The van der Waals surface area contributed by atoms with Crippen LogP contribution in [0.1, 0.15) is 5.56 Å². The Morgan fingerprint density at radius 2 is 1.68 bits per heavy atom. The topological polar surface area (TPSA) is 29.1 Å². The number of rotatable bonds is 3. The van der Waals surface area contributed by atoms with Crippen molar-refractivity contribution in [1.82, 2.24) is 0 Å². The molecule has 0 fully saturated rings. The van der Waals surface area contributed by atoms with Crippen molar-refractivity contribution in [3.05, 3.63) is 71.0 Å². The van der Waals surface area contributed by atoms with Gasteiger partial charge in [-0.1, -0.05) is 23.7 Å². The van der Waals surface area contributed by atoms with Crippen molar-refractivity contribution in [1.29, 1.82) is 0 Å². The van der Waals surface area contributed by atoms with Crippen LogP contribution in [0.3, 0.4) is 0 Å². The molecule has 2 aromatic carbocycles. The molecule has 0 aliphatic heterocycles. The van der Waals surface area contributed by atoms with Crippen LogP contribution in [0.2, 0.25) is 5.02 Å². The summed E-state index contributed by atoms with van der Waals surface area (Å²) in [5, 5.41) is 3.30. The average molecular weight is 276 g/mol. The maximum absolute atomic E-state index is 12.7. The van der Waals surface area contributed by atoms with Gasteiger partial charge in [0.2, 0.25) is 5.91 Å². The molecule has 0 atom stereocenters. The van der Waals surface area contributed by atoms with Crippen LogP contribution in [0.5, 0.6) is 0 Å². The molecule has 1 amide bonds. The summed E-state index contributed by atoms with van der Waals surface area (Å²) in [5.74, 6) is -0.561. The van der Waals surface area contributed by atoms with Crippen molar-refractivity contribution >= 4 is 29.3 Å². The zero-order valence-electron chi connectivity index (χ0n) is 9.94. The predicted molar refractivity (Wildman–Crippen MR) is 75.5 cm³/mol. The number of benzene rings is 2. The lowest BCUT2D eigenvalue weighted by atomic mass is 10.2. The molecule has 2 aromatic rings. The van der Waals surface area contributed by atoms with Gasteiger partial charge in [0.1, 0.15) is 5.82 Å². The predicted octanol–water partition coefficient (Wildman–Crippen LogP) is 4.13. The second-order valence-electron chi connectivity index (χ2n) is 3.88. The van der Waals surface area contributed by atoms with Crippen molar-refractivity contribution in [2.45, 2.75) is 0 Å². The van der Waals surface area contributed by atoms with Gasteiger partial charge in [-0.2, -0.15) is 0 Å². The largest absolute Gasteiger partial charge is 0.323 e. The minimum absolute atomic E-state index is 0.258. The second kappa shape index (κ2) is 6.16. The van der Waals surface area contributed by atoms with E-state index in [-0.39, 0.29) is 11.7 Å². The summed E-state index contributed by atoms with van der Waals surface area (Å²) >= 11 is 5.74.